The van der Waals surface area contributed by atoms with Crippen molar-refractivity contribution in [2.45, 2.75) is 64.5 Å². The normalized spacial score (nSPS) is 43.0. The molecule has 0 aromatic heterocycles. The van der Waals surface area contributed by atoms with Crippen LogP contribution in [0.1, 0.15) is 52.4 Å². The third kappa shape index (κ3) is 2.31. The van der Waals surface area contributed by atoms with Crippen LogP contribution in [0.15, 0.2) is 0 Å². The van der Waals surface area contributed by atoms with E-state index in [9.17, 15) is 4.79 Å². The number of ether oxygens (including phenoxy) is 1. The monoisotopic (exact) mass is 265 g/mol. The zero-order chi connectivity index (χ0) is 13.6. The molecular weight excluding hydrogens is 238 g/mol. The standard InChI is InChI=1S/C16H27NO2/c1-10(19-3)15(18)17-11(2)16-7-12-4-13(8-16)6-14(5-12)9-16/h10-14H,4-9H2,1-3H3,(H,17,18). The van der Waals surface area contributed by atoms with Crippen LogP contribution >= 0.6 is 0 Å². The van der Waals surface area contributed by atoms with Crippen LogP contribution in [-0.4, -0.2) is 25.2 Å². The molecule has 4 bridgehead atoms. The molecule has 1 amide bonds. The first-order valence-electron chi connectivity index (χ1n) is 7.85. The average molecular weight is 265 g/mol. The minimum atomic E-state index is -0.337. The molecular formula is C16H27NO2. The Morgan fingerprint density at radius 1 is 1.11 bits per heavy atom. The molecule has 4 rings (SSSR count). The molecule has 0 radical (unpaired) electrons. The van der Waals surface area contributed by atoms with Crippen molar-refractivity contribution >= 4 is 5.91 Å². The van der Waals surface area contributed by atoms with Gasteiger partial charge >= 0.3 is 0 Å². The van der Waals surface area contributed by atoms with Crippen molar-refractivity contribution < 1.29 is 9.53 Å². The zero-order valence-corrected chi connectivity index (χ0v) is 12.4. The van der Waals surface area contributed by atoms with Gasteiger partial charge < -0.3 is 10.1 Å². The van der Waals surface area contributed by atoms with Gasteiger partial charge in [-0.2, -0.15) is 0 Å². The van der Waals surface area contributed by atoms with E-state index in [1.165, 1.54) is 38.5 Å². The van der Waals surface area contributed by atoms with Crippen molar-refractivity contribution in [2.75, 3.05) is 7.11 Å². The fourth-order valence-corrected chi connectivity index (χ4v) is 5.30. The Bertz CT molecular complexity index is 330. The molecule has 2 unspecified atom stereocenters. The van der Waals surface area contributed by atoms with Crippen molar-refractivity contribution in [3.05, 3.63) is 0 Å². The number of amides is 1. The summed E-state index contributed by atoms with van der Waals surface area (Å²) in [7, 11) is 1.60. The molecule has 3 heteroatoms. The molecule has 108 valence electrons. The first-order valence-corrected chi connectivity index (χ1v) is 7.85. The predicted molar refractivity (Wildman–Crippen MR) is 74.7 cm³/mol. The van der Waals surface area contributed by atoms with Crippen LogP contribution in [-0.2, 0) is 9.53 Å². The molecule has 4 saturated carbocycles. The van der Waals surface area contributed by atoms with Gasteiger partial charge in [0.2, 0.25) is 5.91 Å². The van der Waals surface area contributed by atoms with E-state index in [-0.39, 0.29) is 12.0 Å². The molecule has 1 N–H and O–H groups in total. The van der Waals surface area contributed by atoms with Crippen LogP contribution in [0.3, 0.4) is 0 Å². The van der Waals surface area contributed by atoms with Crippen molar-refractivity contribution in [3.8, 4) is 0 Å². The zero-order valence-electron chi connectivity index (χ0n) is 12.4. The lowest BCUT2D eigenvalue weighted by Crippen LogP contribution is -2.56. The number of rotatable bonds is 4. The smallest absolute Gasteiger partial charge is 0.249 e. The Morgan fingerprint density at radius 3 is 2.00 bits per heavy atom. The lowest BCUT2D eigenvalue weighted by molar-refractivity contribution is -0.134. The Morgan fingerprint density at radius 2 is 1.58 bits per heavy atom. The topological polar surface area (TPSA) is 38.3 Å². The van der Waals surface area contributed by atoms with E-state index in [4.69, 9.17) is 4.74 Å². The van der Waals surface area contributed by atoms with Crippen LogP contribution in [0.25, 0.3) is 0 Å². The molecule has 0 saturated heterocycles. The van der Waals surface area contributed by atoms with E-state index < -0.39 is 0 Å². The van der Waals surface area contributed by atoms with Gasteiger partial charge in [-0.15, -0.1) is 0 Å². The second kappa shape index (κ2) is 4.76. The maximum absolute atomic E-state index is 12.0. The number of carbonyl (C=O) groups excluding carboxylic acids is 1. The van der Waals surface area contributed by atoms with Gasteiger partial charge in [0.05, 0.1) is 0 Å². The van der Waals surface area contributed by atoms with Crippen molar-refractivity contribution in [2.24, 2.45) is 23.2 Å². The molecule has 19 heavy (non-hydrogen) atoms. The van der Waals surface area contributed by atoms with E-state index in [1.54, 1.807) is 7.11 Å². The second-order valence-corrected chi connectivity index (χ2v) is 7.39. The predicted octanol–water partition coefficient (Wildman–Crippen LogP) is 2.74. The van der Waals surface area contributed by atoms with E-state index in [0.717, 1.165) is 17.8 Å². The van der Waals surface area contributed by atoms with Crippen LogP contribution in [0.2, 0.25) is 0 Å². The summed E-state index contributed by atoms with van der Waals surface area (Å²) in [6.45, 7) is 4.04. The third-order valence-electron chi connectivity index (χ3n) is 6.09. The third-order valence-corrected chi connectivity index (χ3v) is 6.09. The Balaban J connectivity index is 1.69. The molecule has 4 aliphatic carbocycles. The van der Waals surface area contributed by atoms with Crippen molar-refractivity contribution in [1.29, 1.82) is 0 Å². The van der Waals surface area contributed by atoms with Gasteiger partial charge in [-0.05, 0) is 75.5 Å². The van der Waals surface area contributed by atoms with Crippen LogP contribution in [0.4, 0.5) is 0 Å². The van der Waals surface area contributed by atoms with Gasteiger partial charge in [0.1, 0.15) is 6.10 Å². The van der Waals surface area contributed by atoms with Crippen LogP contribution in [0.5, 0.6) is 0 Å². The minimum absolute atomic E-state index is 0.0470. The summed E-state index contributed by atoms with van der Waals surface area (Å²) in [5.74, 6) is 2.85. The fourth-order valence-electron chi connectivity index (χ4n) is 5.30. The maximum atomic E-state index is 12.0. The molecule has 4 fully saturated rings. The molecule has 0 aliphatic heterocycles. The first-order chi connectivity index (χ1) is 9.02. The number of carbonyl (C=O) groups is 1. The number of methoxy groups -OCH3 is 1. The molecule has 0 spiro atoms. The second-order valence-electron chi connectivity index (χ2n) is 7.39. The van der Waals surface area contributed by atoms with E-state index in [1.807, 2.05) is 6.92 Å². The maximum Gasteiger partial charge on any atom is 0.249 e. The lowest BCUT2D eigenvalue weighted by atomic mass is 9.48. The summed E-state index contributed by atoms with van der Waals surface area (Å²) >= 11 is 0. The summed E-state index contributed by atoms with van der Waals surface area (Å²) in [6.07, 6.45) is 8.03. The van der Waals surface area contributed by atoms with Gasteiger partial charge in [0.25, 0.3) is 0 Å². The van der Waals surface area contributed by atoms with Crippen LogP contribution in [0, 0.1) is 23.2 Å². The van der Waals surface area contributed by atoms with Crippen LogP contribution < -0.4 is 5.32 Å². The van der Waals surface area contributed by atoms with Gasteiger partial charge in [-0.25, -0.2) is 0 Å². The summed E-state index contributed by atoms with van der Waals surface area (Å²) in [4.78, 5) is 12.0. The number of hydrogen-bond donors (Lipinski definition) is 1. The molecule has 2 atom stereocenters. The highest BCUT2D eigenvalue weighted by molar-refractivity contribution is 5.80. The molecule has 4 aliphatic rings. The van der Waals surface area contributed by atoms with Crippen molar-refractivity contribution in [1.82, 2.24) is 5.32 Å². The molecule has 0 aromatic carbocycles. The molecule has 0 heterocycles. The Hall–Kier alpha value is -0.570. The Labute approximate surface area is 116 Å². The SMILES string of the molecule is COC(C)C(=O)NC(C)C12CC3CC(CC(C3)C1)C2. The first kappa shape index (κ1) is 13.4. The van der Waals surface area contributed by atoms with E-state index in [0.29, 0.717) is 11.5 Å². The quantitative estimate of drug-likeness (QED) is 0.849. The van der Waals surface area contributed by atoms with Gasteiger partial charge in [0, 0.05) is 13.2 Å². The van der Waals surface area contributed by atoms with Gasteiger partial charge in [-0.1, -0.05) is 0 Å². The van der Waals surface area contributed by atoms with Crippen molar-refractivity contribution in [3.63, 3.8) is 0 Å². The number of hydrogen-bond acceptors (Lipinski definition) is 2. The highest BCUT2D eigenvalue weighted by Gasteiger charge is 2.53. The summed E-state index contributed by atoms with van der Waals surface area (Å²) in [6, 6.07) is 0.297. The highest BCUT2D eigenvalue weighted by atomic mass is 16.5. The lowest BCUT2D eigenvalue weighted by Gasteiger charge is -2.59. The minimum Gasteiger partial charge on any atom is -0.372 e. The highest BCUT2D eigenvalue weighted by Crippen LogP contribution is 2.61. The van der Waals surface area contributed by atoms with Gasteiger partial charge in [0.15, 0.2) is 0 Å². The summed E-state index contributed by atoms with van der Waals surface area (Å²) in [5, 5.41) is 3.22. The molecule has 3 nitrogen and oxygen atoms in total. The summed E-state index contributed by atoms with van der Waals surface area (Å²) in [5.41, 5.74) is 0.387. The fraction of sp³-hybridized carbons (Fsp3) is 0.938. The average Bonchev–Trinajstić information content (AvgIpc) is 2.36. The largest absolute Gasteiger partial charge is 0.372 e. The molecule has 0 aromatic rings. The van der Waals surface area contributed by atoms with Gasteiger partial charge in [-0.3, -0.25) is 4.79 Å². The Kier molecular flexibility index (Phi) is 3.36. The summed E-state index contributed by atoms with van der Waals surface area (Å²) < 4.78 is 5.12. The van der Waals surface area contributed by atoms with E-state index >= 15 is 0 Å². The van der Waals surface area contributed by atoms with E-state index in [2.05, 4.69) is 12.2 Å². The number of nitrogens with one attached hydrogen (secondary N) is 1.